The second kappa shape index (κ2) is 7.66. The maximum absolute atomic E-state index is 11.6. The van der Waals surface area contributed by atoms with Crippen LogP contribution in [-0.2, 0) is 4.79 Å². The number of carbonyl (C=O) groups excluding carboxylic acids is 1. The van der Waals surface area contributed by atoms with E-state index in [1.807, 2.05) is 4.90 Å². The Bertz CT molecular complexity index is 547. The van der Waals surface area contributed by atoms with E-state index in [0.29, 0.717) is 18.0 Å². The van der Waals surface area contributed by atoms with E-state index in [2.05, 4.69) is 54.0 Å². The van der Waals surface area contributed by atoms with Crippen molar-refractivity contribution in [3.8, 4) is 0 Å². The first-order valence-corrected chi connectivity index (χ1v) is 9.35. The number of nitrogens with zero attached hydrogens (tertiary/aromatic N) is 3. The van der Waals surface area contributed by atoms with E-state index in [9.17, 15) is 4.79 Å². The summed E-state index contributed by atoms with van der Waals surface area (Å²) in [6.07, 6.45) is 1.09. The first kappa shape index (κ1) is 17.4. The summed E-state index contributed by atoms with van der Waals surface area (Å²) in [5, 5.41) is 0. The first-order chi connectivity index (χ1) is 11.6. The molecule has 0 N–H and O–H groups in total. The van der Waals surface area contributed by atoms with Gasteiger partial charge < -0.3 is 4.90 Å². The molecule has 0 spiro atoms. The van der Waals surface area contributed by atoms with Crippen molar-refractivity contribution in [3.05, 3.63) is 35.9 Å². The van der Waals surface area contributed by atoms with Gasteiger partial charge in [-0.15, -0.1) is 0 Å². The molecule has 1 amide bonds. The van der Waals surface area contributed by atoms with Gasteiger partial charge in [-0.3, -0.25) is 14.6 Å². The van der Waals surface area contributed by atoms with Crippen LogP contribution in [0.5, 0.6) is 0 Å². The molecular formula is C20H31N3O. The topological polar surface area (TPSA) is 26.8 Å². The van der Waals surface area contributed by atoms with Gasteiger partial charge in [-0.25, -0.2) is 0 Å². The Morgan fingerprint density at radius 3 is 2.54 bits per heavy atom. The van der Waals surface area contributed by atoms with Crippen molar-refractivity contribution >= 4 is 5.91 Å². The summed E-state index contributed by atoms with van der Waals surface area (Å²) in [6.45, 7) is 12.6. The lowest BCUT2D eigenvalue weighted by atomic mass is 10.0. The van der Waals surface area contributed by atoms with Gasteiger partial charge in [0.25, 0.3) is 0 Å². The Balaban J connectivity index is 1.62. The van der Waals surface area contributed by atoms with E-state index in [4.69, 9.17) is 0 Å². The molecule has 2 aliphatic heterocycles. The van der Waals surface area contributed by atoms with Gasteiger partial charge in [-0.1, -0.05) is 37.3 Å². The minimum Gasteiger partial charge on any atom is -0.342 e. The summed E-state index contributed by atoms with van der Waals surface area (Å²) >= 11 is 0. The van der Waals surface area contributed by atoms with Gasteiger partial charge in [0.15, 0.2) is 0 Å². The van der Waals surface area contributed by atoms with E-state index in [1.54, 1.807) is 6.92 Å². The van der Waals surface area contributed by atoms with Crippen LogP contribution < -0.4 is 0 Å². The second-order valence-corrected chi connectivity index (χ2v) is 7.48. The third-order valence-electron chi connectivity index (χ3n) is 5.88. The van der Waals surface area contributed by atoms with E-state index in [0.717, 1.165) is 45.7 Å². The molecule has 0 unspecified atom stereocenters. The van der Waals surface area contributed by atoms with Gasteiger partial charge in [0.1, 0.15) is 0 Å². The van der Waals surface area contributed by atoms with Gasteiger partial charge >= 0.3 is 0 Å². The Labute approximate surface area is 146 Å². The van der Waals surface area contributed by atoms with Gasteiger partial charge in [0.2, 0.25) is 5.91 Å². The molecule has 4 heteroatoms. The van der Waals surface area contributed by atoms with Crippen molar-refractivity contribution in [2.24, 2.45) is 5.92 Å². The molecule has 132 valence electrons. The highest BCUT2D eigenvalue weighted by Crippen LogP contribution is 2.30. The molecule has 3 rings (SSSR count). The van der Waals surface area contributed by atoms with Gasteiger partial charge in [-0.2, -0.15) is 0 Å². The zero-order chi connectivity index (χ0) is 17.1. The number of hydrogen-bond acceptors (Lipinski definition) is 3. The van der Waals surface area contributed by atoms with Crippen molar-refractivity contribution in [1.82, 2.24) is 14.7 Å². The largest absolute Gasteiger partial charge is 0.342 e. The molecule has 0 saturated carbocycles. The lowest BCUT2D eigenvalue weighted by Gasteiger charge is -2.31. The Morgan fingerprint density at radius 1 is 1.08 bits per heavy atom. The Kier molecular flexibility index (Phi) is 5.57. The van der Waals surface area contributed by atoms with Crippen molar-refractivity contribution in [2.75, 3.05) is 39.3 Å². The average molecular weight is 329 g/mol. The molecule has 1 aromatic carbocycles. The lowest BCUT2D eigenvalue weighted by Crippen LogP contribution is -2.43. The fourth-order valence-corrected chi connectivity index (χ4v) is 4.30. The standard InChI is InChI=1S/C20H31N3O/c1-16-14-23(17(2)19-8-5-4-6-9-19)15-20(16)22-11-7-10-21(12-13-22)18(3)24/h4-6,8-9,16-17,20H,7,10-15H2,1-3H3/t16-,17-,20-/m1/s1. The normalized spacial score (nSPS) is 27.9. The third kappa shape index (κ3) is 3.81. The van der Waals surface area contributed by atoms with Gasteiger partial charge in [0, 0.05) is 58.3 Å². The molecule has 2 fully saturated rings. The SMILES string of the molecule is CC(=O)N1CCCN([C@@H]2CN([C@H](C)c3ccccc3)C[C@H]2C)CC1. The molecule has 0 bridgehead atoms. The van der Waals surface area contributed by atoms with Crippen molar-refractivity contribution in [3.63, 3.8) is 0 Å². The molecule has 4 nitrogen and oxygen atoms in total. The summed E-state index contributed by atoms with van der Waals surface area (Å²) in [5.41, 5.74) is 1.41. The predicted molar refractivity (Wildman–Crippen MR) is 97.8 cm³/mol. The molecule has 1 aromatic rings. The molecule has 2 saturated heterocycles. The zero-order valence-corrected chi connectivity index (χ0v) is 15.3. The number of amides is 1. The summed E-state index contributed by atoms with van der Waals surface area (Å²) in [6, 6.07) is 11.9. The maximum atomic E-state index is 11.6. The van der Waals surface area contributed by atoms with Crippen molar-refractivity contribution in [1.29, 1.82) is 0 Å². The number of rotatable bonds is 3. The first-order valence-electron chi connectivity index (χ1n) is 9.35. The quantitative estimate of drug-likeness (QED) is 0.853. The molecule has 0 radical (unpaired) electrons. The lowest BCUT2D eigenvalue weighted by molar-refractivity contribution is -0.128. The van der Waals surface area contributed by atoms with Gasteiger partial charge in [-0.05, 0) is 24.8 Å². The molecule has 24 heavy (non-hydrogen) atoms. The van der Waals surface area contributed by atoms with Crippen LogP contribution in [-0.4, -0.2) is 65.9 Å². The van der Waals surface area contributed by atoms with Crippen LogP contribution in [0.25, 0.3) is 0 Å². The highest BCUT2D eigenvalue weighted by atomic mass is 16.2. The third-order valence-corrected chi connectivity index (χ3v) is 5.88. The second-order valence-electron chi connectivity index (χ2n) is 7.48. The number of benzene rings is 1. The number of hydrogen-bond donors (Lipinski definition) is 0. The molecular weight excluding hydrogens is 298 g/mol. The Hall–Kier alpha value is -1.39. The summed E-state index contributed by atoms with van der Waals surface area (Å²) in [5.74, 6) is 0.899. The van der Waals surface area contributed by atoms with Crippen LogP contribution >= 0.6 is 0 Å². The van der Waals surface area contributed by atoms with E-state index in [-0.39, 0.29) is 5.91 Å². The fraction of sp³-hybridized carbons (Fsp3) is 0.650. The summed E-state index contributed by atoms with van der Waals surface area (Å²) < 4.78 is 0. The highest BCUT2D eigenvalue weighted by Gasteiger charge is 2.36. The minimum atomic E-state index is 0.218. The highest BCUT2D eigenvalue weighted by molar-refractivity contribution is 5.73. The Morgan fingerprint density at radius 2 is 1.83 bits per heavy atom. The molecule has 3 atom stereocenters. The smallest absolute Gasteiger partial charge is 0.219 e. The van der Waals surface area contributed by atoms with Crippen LogP contribution in [0.3, 0.4) is 0 Å². The van der Waals surface area contributed by atoms with Crippen molar-refractivity contribution < 1.29 is 4.79 Å². The minimum absolute atomic E-state index is 0.218. The van der Waals surface area contributed by atoms with Crippen LogP contribution in [0.15, 0.2) is 30.3 Å². The van der Waals surface area contributed by atoms with Crippen LogP contribution in [0.4, 0.5) is 0 Å². The zero-order valence-electron chi connectivity index (χ0n) is 15.3. The monoisotopic (exact) mass is 329 g/mol. The maximum Gasteiger partial charge on any atom is 0.219 e. The molecule has 2 heterocycles. The summed E-state index contributed by atoms with van der Waals surface area (Å²) in [7, 11) is 0. The number of carbonyl (C=O) groups is 1. The van der Waals surface area contributed by atoms with Gasteiger partial charge in [0.05, 0.1) is 0 Å². The van der Waals surface area contributed by atoms with Crippen LogP contribution in [0.2, 0.25) is 0 Å². The number of likely N-dealkylation sites (tertiary alicyclic amines) is 1. The fourth-order valence-electron chi connectivity index (χ4n) is 4.30. The molecule has 2 aliphatic rings. The summed E-state index contributed by atoms with van der Waals surface area (Å²) in [4.78, 5) is 18.9. The van der Waals surface area contributed by atoms with Crippen molar-refractivity contribution in [2.45, 2.75) is 39.3 Å². The van der Waals surface area contributed by atoms with E-state index < -0.39 is 0 Å². The van der Waals surface area contributed by atoms with Crippen LogP contribution in [0, 0.1) is 5.92 Å². The average Bonchev–Trinajstić information content (AvgIpc) is 2.82. The van der Waals surface area contributed by atoms with E-state index in [1.165, 1.54) is 5.56 Å². The molecule has 0 aromatic heterocycles. The van der Waals surface area contributed by atoms with Crippen LogP contribution in [0.1, 0.15) is 38.8 Å². The molecule has 0 aliphatic carbocycles. The predicted octanol–water partition coefficient (Wildman–Crippen LogP) is 2.62. The van der Waals surface area contributed by atoms with E-state index >= 15 is 0 Å².